The summed E-state index contributed by atoms with van der Waals surface area (Å²) in [5.74, 6) is 0.788. The Hall–Kier alpha value is -3.85. The zero-order valence-electron chi connectivity index (χ0n) is 24.8. The fraction of sp³-hybridized carbons (Fsp3) is 0.419. The fourth-order valence-electron chi connectivity index (χ4n) is 4.46. The van der Waals surface area contributed by atoms with Gasteiger partial charge in [0.15, 0.2) is 0 Å². The highest BCUT2D eigenvalue weighted by molar-refractivity contribution is 6.32. The number of imidazole rings is 1. The zero-order valence-corrected chi connectivity index (χ0v) is 25.6. The fourth-order valence-corrected chi connectivity index (χ4v) is 4.69. The molecule has 0 bridgehead atoms. The van der Waals surface area contributed by atoms with E-state index in [4.69, 9.17) is 21.3 Å². The van der Waals surface area contributed by atoms with Gasteiger partial charge in [-0.3, -0.25) is 14.4 Å². The largest absolute Gasteiger partial charge is 0.489 e. The molecule has 41 heavy (non-hydrogen) atoms. The molecule has 0 aliphatic rings. The van der Waals surface area contributed by atoms with Gasteiger partial charge >= 0.3 is 0 Å². The summed E-state index contributed by atoms with van der Waals surface area (Å²) in [4.78, 5) is 43.5. The van der Waals surface area contributed by atoms with Crippen LogP contribution >= 0.6 is 11.6 Å². The lowest BCUT2D eigenvalue weighted by atomic mass is 10.00. The lowest BCUT2D eigenvalue weighted by molar-refractivity contribution is -0.129. The highest BCUT2D eigenvalue weighted by Gasteiger charge is 2.21. The molecule has 1 unspecified atom stereocenters. The van der Waals surface area contributed by atoms with Crippen LogP contribution in [0, 0.1) is 0 Å². The second-order valence-electron chi connectivity index (χ2n) is 10.6. The average molecular weight is 582 g/mol. The maximum atomic E-state index is 13.1. The maximum absolute atomic E-state index is 13.1. The van der Waals surface area contributed by atoms with Crippen LogP contribution in [0.15, 0.2) is 48.7 Å². The molecular formula is C31H40ClN5O4. The first-order valence-electron chi connectivity index (χ1n) is 13.8. The summed E-state index contributed by atoms with van der Waals surface area (Å²) < 4.78 is 7.69. The first-order chi connectivity index (χ1) is 19.4. The van der Waals surface area contributed by atoms with Gasteiger partial charge in [-0.2, -0.15) is 0 Å². The van der Waals surface area contributed by atoms with Crippen molar-refractivity contribution in [1.82, 2.24) is 25.1 Å². The minimum atomic E-state index is -0.432. The molecule has 0 aliphatic carbocycles. The molecule has 2 atom stereocenters. The van der Waals surface area contributed by atoms with E-state index in [1.54, 1.807) is 32.3 Å². The molecule has 0 spiro atoms. The molecule has 220 valence electrons. The highest BCUT2D eigenvalue weighted by atomic mass is 35.5. The number of aromatic nitrogens is 2. The number of hydrogen-bond donors (Lipinski definition) is 2. The Morgan fingerprint density at radius 3 is 2.29 bits per heavy atom. The van der Waals surface area contributed by atoms with Crippen molar-refractivity contribution in [1.29, 1.82) is 0 Å². The number of hydrogen-bond acceptors (Lipinski definition) is 5. The number of aryl methyl sites for hydroxylation is 1. The van der Waals surface area contributed by atoms with Crippen molar-refractivity contribution in [3.8, 4) is 17.0 Å². The monoisotopic (exact) mass is 581 g/mol. The van der Waals surface area contributed by atoms with Gasteiger partial charge in [-0.25, -0.2) is 4.98 Å². The van der Waals surface area contributed by atoms with Gasteiger partial charge in [0, 0.05) is 57.4 Å². The van der Waals surface area contributed by atoms with Crippen molar-refractivity contribution >= 4 is 29.3 Å². The molecule has 3 aromatic rings. The molecule has 2 N–H and O–H groups in total. The average Bonchev–Trinajstić information content (AvgIpc) is 3.34. The Labute approximate surface area is 247 Å². The second kappa shape index (κ2) is 14.2. The van der Waals surface area contributed by atoms with Crippen LogP contribution in [-0.2, 0) is 22.6 Å². The van der Waals surface area contributed by atoms with E-state index in [1.165, 1.54) is 11.8 Å². The van der Waals surface area contributed by atoms with Crippen LogP contribution in [0.25, 0.3) is 11.3 Å². The molecule has 0 saturated heterocycles. The Balaban J connectivity index is 1.78. The van der Waals surface area contributed by atoms with E-state index in [0.717, 1.165) is 29.2 Å². The molecule has 1 aromatic heterocycles. The highest BCUT2D eigenvalue weighted by Crippen LogP contribution is 2.27. The minimum absolute atomic E-state index is 0.0447. The number of carbonyl (C=O) groups excluding carboxylic acids is 3. The molecule has 0 saturated carbocycles. The van der Waals surface area contributed by atoms with E-state index < -0.39 is 6.04 Å². The summed E-state index contributed by atoms with van der Waals surface area (Å²) in [6.07, 6.45) is 2.54. The number of benzene rings is 2. The molecule has 9 nitrogen and oxygen atoms in total. The van der Waals surface area contributed by atoms with E-state index in [-0.39, 0.29) is 36.3 Å². The van der Waals surface area contributed by atoms with E-state index in [9.17, 15) is 14.4 Å². The number of amides is 3. The first kappa shape index (κ1) is 31.7. The molecule has 1 heterocycles. The van der Waals surface area contributed by atoms with Crippen LogP contribution in [0.2, 0.25) is 5.02 Å². The molecule has 0 fully saturated rings. The van der Waals surface area contributed by atoms with Crippen molar-refractivity contribution in [2.75, 3.05) is 14.1 Å². The van der Waals surface area contributed by atoms with Gasteiger partial charge in [0.2, 0.25) is 11.8 Å². The Bertz CT molecular complexity index is 1370. The van der Waals surface area contributed by atoms with Crippen molar-refractivity contribution in [3.63, 3.8) is 0 Å². The van der Waals surface area contributed by atoms with Crippen LogP contribution in [0.4, 0.5) is 0 Å². The second-order valence-corrected chi connectivity index (χ2v) is 11.0. The van der Waals surface area contributed by atoms with Crippen LogP contribution in [-0.4, -0.2) is 58.4 Å². The number of rotatable bonds is 12. The molecule has 2 aromatic carbocycles. The third-order valence-electron chi connectivity index (χ3n) is 6.50. The van der Waals surface area contributed by atoms with Crippen molar-refractivity contribution in [2.24, 2.45) is 0 Å². The van der Waals surface area contributed by atoms with Gasteiger partial charge in [0.25, 0.3) is 5.91 Å². The summed E-state index contributed by atoms with van der Waals surface area (Å²) in [5, 5.41) is 6.25. The smallest absolute Gasteiger partial charge is 0.251 e. The van der Waals surface area contributed by atoms with Crippen molar-refractivity contribution in [3.05, 3.63) is 70.6 Å². The Morgan fingerprint density at radius 2 is 1.73 bits per heavy atom. The Morgan fingerprint density at radius 1 is 1.05 bits per heavy atom. The van der Waals surface area contributed by atoms with Gasteiger partial charge in [-0.15, -0.1) is 0 Å². The van der Waals surface area contributed by atoms with E-state index >= 15 is 0 Å². The van der Waals surface area contributed by atoms with E-state index in [2.05, 4.69) is 10.6 Å². The van der Waals surface area contributed by atoms with Crippen LogP contribution in [0.5, 0.6) is 5.75 Å². The summed E-state index contributed by atoms with van der Waals surface area (Å²) in [5.41, 5.74) is 3.09. The third-order valence-corrected chi connectivity index (χ3v) is 6.79. The maximum Gasteiger partial charge on any atom is 0.251 e. The summed E-state index contributed by atoms with van der Waals surface area (Å²) in [6, 6.07) is 12.2. The van der Waals surface area contributed by atoms with Crippen LogP contribution < -0.4 is 15.4 Å². The quantitative estimate of drug-likeness (QED) is 0.312. The van der Waals surface area contributed by atoms with E-state index in [0.29, 0.717) is 22.8 Å². The van der Waals surface area contributed by atoms with Crippen molar-refractivity contribution < 1.29 is 19.1 Å². The lowest BCUT2D eigenvalue weighted by Crippen LogP contribution is -2.40. The zero-order chi connectivity index (χ0) is 30.3. The van der Waals surface area contributed by atoms with Gasteiger partial charge in [0.1, 0.15) is 11.6 Å². The molecule has 3 amide bonds. The summed E-state index contributed by atoms with van der Waals surface area (Å²) >= 11 is 6.34. The number of nitrogens with zero attached hydrogens (tertiary/aromatic N) is 3. The summed E-state index contributed by atoms with van der Waals surface area (Å²) in [6.45, 7) is 9.96. The normalized spacial score (nSPS) is 12.5. The van der Waals surface area contributed by atoms with Gasteiger partial charge in [-0.05, 0) is 57.9 Å². The van der Waals surface area contributed by atoms with Crippen LogP contribution in [0.1, 0.15) is 68.8 Å². The predicted octanol–water partition coefficient (Wildman–Crippen LogP) is 5.03. The van der Waals surface area contributed by atoms with Gasteiger partial charge < -0.3 is 24.8 Å². The van der Waals surface area contributed by atoms with E-state index in [1.807, 2.05) is 62.7 Å². The number of ether oxygens (including phenoxy) is 1. The number of halogens is 1. The first-order valence-corrected chi connectivity index (χ1v) is 14.2. The number of nitrogens with one attached hydrogen (secondary N) is 2. The Kier molecular flexibility index (Phi) is 10.9. The van der Waals surface area contributed by atoms with Gasteiger partial charge in [-0.1, -0.05) is 35.9 Å². The lowest BCUT2D eigenvalue weighted by Gasteiger charge is -2.21. The predicted molar refractivity (Wildman–Crippen MR) is 161 cm³/mol. The van der Waals surface area contributed by atoms with Crippen molar-refractivity contribution in [2.45, 2.75) is 72.2 Å². The SMILES string of the molecule is CCn1cc(-c2ccc(C[C@@H](CC(=O)N(C)C)NC(=O)c3ccc(OC(C)C)c(Cl)c3)cc2)nc1C(C)NC(C)=O. The molecule has 0 radical (unpaired) electrons. The topological polar surface area (TPSA) is 106 Å². The van der Waals surface area contributed by atoms with Gasteiger partial charge in [0.05, 0.1) is 22.9 Å². The molecule has 0 aliphatic heterocycles. The minimum Gasteiger partial charge on any atom is -0.489 e. The number of carbonyl (C=O) groups is 3. The summed E-state index contributed by atoms with van der Waals surface area (Å²) in [7, 11) is 3.39. The van der Waals surface area contributed by atoms with Crippen LogP contribution in [0.3, 0.4) is 0 Å². The third kappa shape index (κ3) is 8.82. The standard InChI is InChI=1S/C31H40ClN5O4/c1-8-37-18-27(35-30(37)20(4)33-21(5)38)23-11-9-22(10-12-23)15-25(17-29(39)36(6)7)34-31(40)24-13-14-28(26(32)16-24)41-19(2)3/h9-14,16,18-20,25H,8,15,17H2,1-7H3,(H,33,38)(H,34,40)/t20?,25-/m0/s1. The molecule has 10 heteroatoms. The molecular weight excluding hydrogens is 542 g/mol. The molecule has 3 rings (SSSR count).